The number of benzene rings is 3. The summed E-state index contributed by atoms with van der Waals surface area (Å²) in [4.78, 5) is 39.9. The number of hydrogen-bond donors (Lipinski definition) is 1. The highest BCUT2D eigenvalue weighted by Crippen LogP contribution is 2.22. The monoisotopic (exact) mass is 574 g/mol. The van der Waals surface area contributed by atoms with Crippen molar-refractivity contribution in [2.24, 2.45) is 5.92 Å². The Hall–Kier alpha value is -4.20. The molecule has 1 fully saturated rings. The highest BCUT2D eigenvalue weighted by Gasteiger charge is 2.27. The summed E-state index contributed by atoms with van der Waals surface area (Å²) in [5, 5.41) is 2.85. The van der Waals surface area contributed by atoms with Gasteiger partial charge in [0.15, 0.2) is 0 Å². The van der Waals surface area contributed by atoms with E-state index in [2.05, 4.69) is 5.32 Å². The lowest BCUT2D eigenvalue weighted by Gasteiger charge is -2.32. The summed E-state index contributed by atoms with van der Waals surface area (Å²) in [5.41, 5.74) is 3.35. The summed E-state index contributed by atoms with van der Waals surface area (Å²) < 4.78 is 24.6. The number of carbonyl (C=O) groups excluding carboxylic acids is 3. The number of nitrogens with one attached hydrogen (secondary N) is 1. The van der Waals surface area contributed by atoms with Crippen molar-refractivity contribution in [2.45, 2.75) is 58.1 Å². The first-order chi connectivity index (χ1) is 20.3. The van der Waals surface area contributed by atoms with E-state index in [1.807, 2.05) is 65.6 Å². The summed E-state index contributed by atoms with van der Waals surface area (Å²) >= 11 is 0. The van der Waals surface area contributed by atoms with Gasteiger partial charge >= 0.3 is 5.97 Å². The first-order valence-electron chi connectivity index (χ1n) is 14.5. The second-order valence-electron chi connectivity index (χ2n) is 10.9. The number of aryl methyl sites for hydroxylation is 2. The molecule has 0 bridgehead atoms. The molecule has 1 N–H and O–H groups in total. The van der Waals surface area contributed by atoms with Crippen LogP contribution in [0.3, 0.4) is 0 Å². The van der Waals surface area contributed by atoms with Gasteiger partial charge in [-0.3, -0.25) is 9.59 Å². The van der Waals surface area contributed by atoms with Crippen LogP contribution in [0.15, 0.2) is 72.8 Å². The predicted octanol–water partition coefficient (Wildman–Crippen LogP) is 5.17. The van der Waals surface area contributed by atoms with Gasteiger partial charge in [0.05, 0.1) is 7.11 Å². The zero-order valence-corrected chi connectivity index (χ0v) is 24.3. The van der Waals surface area contributed by atoms with Gasteiger partial charge in [-0.15, -0.1) is 0 Å². The number of esters is 1. The van der Waals surface area contributed by atoms with Crippen LogP contribution < -0.4 is 10.1 Å². The van der Waals surface area contributed by atoms with Crippen molar-refractivity contribution in [3.63, 3.8) is 0 Å². The first kappa shape index (κ1) is 30.8. The molecule has 1 heterocycles. The van der Waals surface area contributed by atoms with Crippen molar-refractivity contribution in [2.75, 3.05) is 20.2 Å². The zero-order valence-electron chi connectivity index (χ0n) is 24.3. The first-order valence-corrected chi connectivity index (χ1v) is 14.5. The molecule has 1 atom stereocenters. The lowest BCUT2D eigenvalue weighted by Crippen LogP contribution is -2.44. The van der Waals surface area contributed by atoms with Crippen LogP contribution in [-0.2, 0) is 38.6 Å². The Balaban J connectivity index is 1.21. The molecule has 0 aliphatic carbocycles. The largest absolute Gasteiger partial charge is 0.489 e. The summed E-state index contributed by atoms with van der Waals surface area (Å²) in [6.45, 7) is 3.34. The van der Waals surface area contributed by atoms with Crippen molar-refractivity contribution in [1.82, 2.24) is 10.2 Å². The van der Waals surface area contributed by atoms with Gasteiger partial charge in [-0.1, -0.05) is 54.6 Å². The molecule has 0 radical (unpaired) electrons. The molecule has 4 rings (SSSR count). The Morgan fingerprint density at radius 3 is 2.31 bits per heavy atom. The smallest absolute Gasteiger partial charge is 0.328 e. The van der Waals surface area contributed by atoms with Gasteiger partial charge in [0.25, 0.3) is 0 Å². The van der Waals surface area contributed by atoms with Crippen LogP contribution in [0.4, 0.5) is 4.39 Å². The van der Waals surface area contributed by atoms with Gasteiger partial charge in [0.2, 0.25) is 11.8 Å². The summed E-state index contributed by atoms with van der Waals surface area (Å²) in [6.07, 6.45) is 2.84. The fourth-order valence-corrected chi connectivity index (χ4v) is 5.14. The molecular weight excluding hydrogens is 535 g/mol. The number of piperidine rings is 1. The topological polar surface area (TPSA) is 84.9 Å². The van der Waals surface area contributed by atoms with Crippen molar-refractivity contribution in [3.05, 3.63) is 101 Å². The molecule has 8 heteroatoms. The van der Waals surface area contributed by atoms with E-state index in [0.717, 1.165) is 22.4 Å². The van der Waals surface area contributed by atoms with Crippen LogP contribution in [0.5, 0.6) is 5.75 Å². The van der Waals surface area contributed by atoms with E-state index in [4.69, 9.17) is 9.47 Å². The number of nitrogens with zero attached hydrogens (tertiary/aromatic N) is 1. The van der Waals surface area contributed by atoms with E-state index in [-0.39, 0.29) is 30.0 Å². The van der Waals surface area contributed by atoms with Crippen LogP contribution >= 0.6 is 0 Å². The average Bonchev–Trinajstić information content (AvgIpc) is 3.01. The second-order valence-corrected chi connectivity index (χ2v) is 10.9. The van der Waals surface area contributed by atoms with Gasteiger partial charge in [-0.2, -0.15) is 0 Å². The van der Waals surface area contributed by atoms with E-state index in [0.29, 0.717) is 57.4 Å². The number of rotatable bonds is 12. The number of methoxy groups -OCH3 is 1. The van der Waals surface area contributed by atoms with Gasteiger partial charge in [0, 0.05) is 32.4 Å². The molecule has 1 aliphatic rings. The molecule has 2 amide bonds. The lowest BCUT2D eigenvalue weighted by molar-refractivity contribution is -0.145. The van der Waals surface area contributed by atoms with Gasteiger partial charge in [-0.05, 0) is 72.6 Å². The lowest BCUT2D eigenvalue weighted by atomic mass is 9.92. The Bertz CT molecular complexity index is 1340. The fraction of sp³-hybridized carbons (Fsp3) is 0.382. The van der Waals surface area contributed by atoms with E-state index in [1.54, 1.807) is 13.0 Å². The van der Waals surface area contributed by atoms with Gasteiger partial charge < -0.3 is 19.7 Å². The molecule has 7 nitrogen and oxygen atoms in total. The van der Waals surface area contributed by atoms with Crippen molar-refractivity contribution in [1.29, 1.82) is 0 Å². The number of likely N-dealkylation sites (tertiary alicyclic amines) is 1. The number of hydrogen-bond acceptors (Lipinski definition) is 5. The van der Waals surface area contributed by atoms with E-state index < -0.39 is 12.0 Å². The molecular formula is C34H39FN2O5. The molecule has 1 saturated heterocycles. The Morgan fingerprint density at radius 1 is 0.952 bits per heavy atom. The molecule has 0 unspecified atom stereocenters. The average molecular weight is 575 g/mol. The standard InChI is InChI=1S/C34H39FN2O5/c1-24-8-9-25(20-30(24)35)12-15-33(39)37-18-16-27(17-19-37)22-32(38)36-31(34(40)41-2)21-26-10-13-29(14-11-26)42-23-28-6-4-3-5-7-28/h3-11,13-14,20,27,31H,12,15-19,21-23H2,1-2H3,(H,36,38)/t31-/m0/s1. The van der Waals surface area contributed by atoms with Gasteiger partial charge in [0.1, 0.15) is 24.2 Å². The van der Waals surface area contributed by atoms with E-state index in [9.17, 15) is 18.8 Å². The normalized spacial score (nSPS) is 14.2. The van der Waals surface area contributed by atoms with Crippen molar-refractivity contribution >= 4 is 17.8 Å². The molecule has 222 valence electrons. The number of amides is 2. The predicted molar refractivity (Wildman–Crippen MR) is 158 cm³/mol. The number of ether oxygens (including phenoxy) is 2. The third-order valence-electron chi connectivity index (χ3n) is 7.74. The highest BCUT2D eigenvalue weighted by atomic mass is 19.1. The van der Waals surface area contributed by atoms with Crippen LogP contribution in [0, 0.1) is 18.7 Å². The zero-order chi connectivity index (χ0) is 29.9. The Labute approximate surface area is 247 Å². The quantitative estimate of drug-likeness (QED) is 0.302. The van der Waals surface area contributed by atoms with Crippen LogP contribution in [-0.4, -0.2) is 48.9 Å². The minimum Gasteiger partial charge on any atom is -0.489 e. The Kier molecular flexibility index (Phi) is 11.1. The van der Waals surface area contributed by atoms with Crippen LogP contribution in [0.25, 0.3) is 0 Å². The molecule has 1 aliphatic heterocycles. The minimum atomic E-state index is -0.799. The fourth-order valence-electron chi connectivity index (χ4n) is 5.14. The van der Waals surface area contributed by atoms with Gasteiger partial charge in [-0.25, -0.2) is 9.18 Å². The van der Waals surface area contributed by atoms with Crippen LogP contribution in [0.2, 0.25) is 0 Å². The van der Waals surface area contributed by atoms with E-state index in [1.165, 1.54) is 13.2 Å². The molecule has 0 saturated carbocycles. The number of halogens is 1. The maximum Gasteiger partial charge on any atom is 0.328 e. The second kappa shape index (κ2) is 15.1. The minimum absolute atomic E-state index is 0.0427. The SMILES string of the molecule is COC(=O)[C@H](Cc1ccc(OCc2ccccc2)cc1)NC(=O)CC1CCN(C(=O)CCc2ccc(C)c(F)c2)CC1. The third-order valence-corrected chi connectivity index (χ3v) is 7.74. The maximum absolute atomic E-state index is 13.8. The molecule has 3 aromatic rings. The molecule has 42 heavy (non-hydrogen) atoms. The number of carbonyl (C=O) groups is 3. The van der Waals surface area contributed by atoms with Crippen molar-refractivity contribution in [3.8, 4) is 5.75 Å². The highest BCUT2D eigenvalue weighted by molar-refractivity contribution is 5.84. The Morgan fingerprint density at radius 2 is 1.64 bits per heavy atom. The molecule has 0 aromatic heterocycles. The van der Waals surface area contributed by atoms with Crippen LogP contribution in [0.1, 0.15) is 47.9 Å². The molecule has 0 spiro atoms. The summed E-state index contributed by atoms with van der Waals surface area (Å²) in [5.74, 6) is -0.0765. The summed E-state index contributed by atoms with van der Waals surface area (Å²) in [6, 6.07) is 21.6. The molecule has 3 aromatic carbocycles. The maximum atomic E-state index is 13.8. The van der Waals surface area contributed by atoms with E-state index >= 15 is 0 Å². The van der Waals surface area contributed by atoms with Crippen molar-refractivity contribution < 1.29 is 28.2 Å². The third kappa shape index (κ3) is 9.16. The summed E-state index contributed by atoms with van der Waals surface area (Å²) in [7, 11) is 1.31.